The third-order valence-electron chi connectivity index (χ3n) is 7.85. The first-order valence-corrected chi connectivity index (χ1v) is 14.3. The summed E-state index contributed by atoms with van der Waals surface area (Å²) in [6, 6.07) is 17.8. The molecule has 41 heavy (non-hydrogen) atoms. The number of benzene rings is 3. The van der Waals surface area contributed by atoms with Gasteiger partial charge in [-0.3, -0.25) is 4.79 Å². The summed E-state index contributed by atoms with van der Waals surface area (Å²) in [7, 11) is 0. The number of nitrogens with zero attached hydrogens (tertiary/aromatic N) is 3. The van der Waals surface area contributed by atoms with Crippen molar-refractivity contribution in [2.24, 2.45) is 5.92 Å². The molecule has 2 heterocycles. The number of amides is 1. The molecule has 212 valence electrons. The van der Waals surface area contributed by atoms with Gasteiger partial charge in [0.2, 0.25) is 11.8 Å². The molecule has 2 fully saturated rings. The monoisotopic (exact) mass is 555 g/mol. The van der Waals surface area contributed by atoms with Gasteiger partial charge in [0.1, 0.15) is 11.6 Å². The molecule has 0 radical (unpaired) electrons. The second-order valence-electron chi connectivity index (χ2n) is 10.8. The fraction of sp³-hybridized carbons (Fsp3) is 0.344. The Balaban J connectivity index is 1.20. The van der Waals surface area contributed by atoms with Crippen LogP contribution in [0.5, 0.6) is 11.6 Å². The molecule has 9 heteroatoms. The third-order valence-corrected chi connectivity index (χ3v) is 7.85. The van der Waals surface area contributed by atoms with E-state index in [2.05, 4.69) is 27.5 Å². The van der Waals surface area contributed by atoms with Gasteiger partial charge < -0.3 is 25.0 Å². The van der Waals surface area contributed by atoms with Gasteiger partial charge in [0.15, 0.2) is 0 Å². The maximum absolute atomic E-state index is 14.5. The molecular weight excluding hydrogens is 521 g/mol. The molecule has 1 aliphatic heterocycles. The molecule has 6 rings (SSSR count). The molecule has 0 atom stereocenters. The number of anilines is 3. The van der Waals surface area contributed by atoms with E-state index in [1.165, 1.54) is 25.0 Å². The lowest BCUT2D eigenvalue weighted by Gasteiger charge is -2.29. The lowest BCUT2D eigenvalue weighted by Crippen LogP contribution is -2.36. The summed E-state index contributed by atoms with van der Waals surface area (Å²) in [5, 5.41) is 8.03. The average molecular weight is 556 g/mol. The summed E-state index contributed by atoms with van der Waals surface area (Å²) in [6.07, 6.45) is 6.32. The molecule has 1 amide bonds. The normalized spacial score (nSPS) is 19.1. The van der Waals surface area contributed by atoms with Crippen molar-refractivity contribution >= 4 is 34.0 Å². The highest BCUT2D eigenvalue weighted by molar-refractivity contribution is 6.10. The van der Waals surface area contributed by atoms with Crippen molar-refractivity contribution in [3.63, 3.8) is 0 Å². The van der Waals surface area contributed by atoms with E-state index in [-0.39, 0.29) is 11.5 Å². The summed E-state index contributed by atoms with van der Waals surface area (Å²) in [4.78, 5) is 24.3. The van der Waals surface area contributed by atoms with Gasteiger partial charge in [-0.1, -0.05) is 31.2 Å². The van der Waals surface area contributed by atoms with E-state index in [4.69, 9.17) is 9.47 Å². The van der Waals surface area contributed by atoms with Crippen LogP contribution in [0.15, 0.2) is 66.9 Å². The number of morpholine rings is 1. The summed E-state index contributed by atoms with van der Waals surface area (Å²) in [6.45, 7) is 4.75. The first-order chi connectivity index (χ1) is 20.0. The minimum absolute atomic E-state index is 0.254. The number of ether oxygens (including phenoxy) is 2. The Morgan fingerprint density at radius 1 is 1.00 bits per heavy atom. The van der Waals surface area contributed by atoms with Crippen LogP contribution in [0.1, 0.15) is 43.0 Å². The molecule has 2 N–H and O–H groups in total. The van der Waals surface area contributed by atoms with Crippen molar-refractivity contribution in [2.45, 2.75) is 38.6 Å². The van der Waals surface area contributed by atoms with E-state index in [0.29, 0.717) is 61.3 Å². The molecule has 8 nitrogen and oxygen atoms in total. The SMILES string of the molecule is CC1CCC(Nc2nccc(Oc3ccc(NC(=O)c4cc(F)cc(N5CCOCC5)c4)c4ccccc34)n2)CC1. The summed E-state index contributed by atoms with van der Waals surface area (Å²) in [5.41, 5.74) is 1.53. The first-order valence-electron chi connectivity index (χ1n) is 14.3. The fourth-order valence-corrected chi connectivity index (χ4v) is 5.54. The van der Waals surface area contributed by atoms with Crippen LogP contribution in [-0.2, 0) is 4.74 Å². The number of carbonyl (C=O) groups is 1. The van der Waals surface area contributed by atoms with Crippen LogP contribution in [0.4, 0.5) is 21.7 Å². The van der Waals surface area contributed by atoms with Gasteiger partial charge in [0.05, 0.1) is 13.2 Å². The minimum atomic E-state index is -0.454. The number of hydrogen-bond acceptors (Lipinski definition) is 7. The Hall–Kier alpha value is -4.24. The summed E-state index contributed by atoms with van der Waals surface area (Å²) < 4.78 is 26.1. The smallest absolute Gasteiger partial charge is 0.255 e. The van der Waals surface area contributed by atoms with Crippen LogP contribution in [0, 0.1) is 11.7 Å². The Morgan fingerprint density at radius 3 is 2.59 bits per heavy atom. The molecule has 2 aliphatic rings. The van der Waals surface area contributed by atoms with Crippen LogP contribution >= 0.6 is 0 Å². The van der Waals surface area contributed by atoms with Gasteiger partial charge in [-0.05, 0) is 61.9 Å². The molecule has 0 spiro atoms. The van der Waals surface area contributed by atoms with Gasteiger partial charge in [0.25, 0.3) is 5.91 Å². The van der Waals surface area contributed by atoms with Gasteiger partial charge in [-0.25, -0.2) is 9.37 Å². The third kappa shape index (κ3) is 6.41. The average Bonchev–Trinajstić information content (AvgIpc) is 3.00. The molecule has 1 aromatic heterocycles. The quantitative estimate of drug-likeness (QED) is 0.264. The maximum Gasteiger partial charge on any atom is 0.255 e. The lowest BCUT2D eigenvalue weighted by molar-refractivity contribution is 0.102. The maximum atomic E-state index is 14.5. The summed E-state index contributed by atoms with van der Waals surface area (Å²) in [5.74, 6) is 1.53. The highest BCUT2D eigenvalue weighted by atomic mass is 19.1. The van der Waals surface area contributed by atoms with Crippen LogP contribution < -0.4 is 20.3 Å². The zero-order chi connectivity index (χ0) is 28.2. The van der Waals surface area contributed by atoms with E-state index < -0.39 is 5.82 Å². The van der Waals surface area contributed by atoms with Crippen molar-refractivity contribution in [3.8, 4) is 11.6 Å². The van der Waals surface area contributed by atoms with Gasteiger partial charge in [0, 0.05) is 59.1 Å². The van der Waals surface area contributed by atoms with Crippen molar-refractivity contribution in [1.82, 2.24) is 9.97 Å². The number of nitrogens with one attached hydrogen (secondary N) is 2. The number of hydrogen-bond donors (Lipinski definition) is 2. The second-order valence-corrected chi connectivity index (χ2v) is 10.8. The zero-order valence-electron chi connectivity index (χ0n) is 23.1. The molecule has 4 aromatic rings. The van der Waals surface area contributed by atoms with E-state index in [9.17, 15) is 9.18 Å². The highest BCUT2D eigenvalue weighted by Gasteiger charge is 2.20. The lowest BCUT2D eigenvalue weighted by atomic mass is 9.87. The Labute approximate surface area is 238 Å². The predicted octanol–water partition coefficient (Wildman–Crippen LogP) is 6.64. The molecule has 1 saturated heterocycles. The van der Waals surface area contributed by atoms with E-state index in [1.54, 1.807) is 30.5 Å². The van der Waals surface area contributed by atoms with Crippen molar-refractivity contribution in [1.29, 1.82) is 0 Å². The highest BCUT2D eigenvalue weighted by Crippen LogP contribution is 2.35. The number of halogens is 1. The van der Waals surface area contributed by atoms with Gasteiger partial charge in [-0.2, -0.15) is 4.98 Å². The number of carbonyl (C=O) groups excluding carboxylic acids is 1. The number of fused-ring (bicyclic) bond motifs is 1. The Bertz CT molecular complexity index is 1530. The molecule has 1 saturated carbocycles. The van der Waals surface area contributed by atoms with E-state index >= 15 is 0 Å². The van der Waals surface area contributed by atoms with Crippen molar-refractivity contribution < 1.29 is 18.7 Å². The molecule has 1 aliphatic carbocycles. The van der Waals surface area contributed by atoms with Crippen LogP contribution in [-0.4, -0.2) is 48.2 Å². The Morgan fingerprint density at radius 2 is 1.78 bits per heavy atom. The topological polar surface area (TPSA) is 88.6 Å². The standard InChI is InChI=1S/C32H34FN5O3/c1-21-6-8-24(9-7-21)35-32-34-13-12-30(37-32)41-29-11-10-28(26-4-2-3-5-27(26)29)36-31(39)22-18-23(33)20-25(19-22)38-14-16-40-17-15-38/h2-5,10-13,18-21,24H,6-9,14-17H2,1H3,(H,36,39)(H,34,35,37). The number of rotatable bonds is 7. The van der Waals surface area contributed by atoms with Crippen molar-refractivity contribution in [2.75, 3.05) is 41.8 Å². The van der Waals surface area contributed by atoms with Gasteiger partial charge >= 0.3 is 0 Å². The van der Waals surface area contributed by atoms with E-state index in [0.717, 1.165) is 29.5 Å². The van der Waals surface area contributed by atoms with Gasteiger partial charge in [-0.15, -0.1) is 0 Å². The van der Waals surface area contributed by atoms with Crippen molar-refractivity contribution in [3.05, 3.63) is 78.2 Å². The zero-order valence-corrected chi connectivity index (χ0v) is 23.1. The molecule has 0 bridgehead atoms. The van der Waals surface area contributed by atoms with E-state index in [1.807, 2.05) is 29.2 Å². The fourth-order valence-electron chi connectivity index (χ4n) is 5.54. The second kappa shape index (κ2) is 12.1. The molecular formula is C32H34FN5O3. The summed E-state index contributed by atoms with van der Waals surface area (Å²) >= 11 is 0. The predicted molar refractivity (Wildman–Crippen MR) is 158 cm³/mol. The molecule has 3 aromatic carbocycles. The number of aromatic nitrogens is 2. The Kier molecular flexibility index (Phi) is 7.95. The largest absolute Gasteiger partial charge is 0.438 e. The van der Waals surface area contributed by atoms with Crippen LogP contribution in [0.3, 0.4) is 0 Å². The minimum Gasteiger partial charge on any atom is -0.438 e. The van der Waals surface area contributed by atoms with Crippen LogP contribution in [0.25, 0.3) is 10.8 Å². The molecule has 0 unspecified atom stereocenters. The van der Waals surface area contributed by atoms with Crippen LogP contribution in [0.2, 0.25) is 0 Å². The first kappa shape index (κ1) is 27.0.